The third-order valence-electron chi connectivity index (χ3n) is 3.50. The summed E-state index contributed by atoms with van der Waals surface area (Å²) in [5.74, 6) is -0.134. The molecule has 0 heterocycles. The van der Waals surface area contributed by atoms with E-state index in [0.29, 0.717) is 0 Å². The third-order valence-corrected chi connectivity index (χ3v) is 3.50. The van der Waals surface area contributed by atoms with E-state index in [1.165, 1.54) is 58.3 Å². The highest BCUT2D eigenvalue weighted by Gasteiger charge is 2.10. The Morgan fingerprint density at radius 1 is 0.900 bits per heavy atom. The van der Waals surface area contributed by atoms with Gasteiger partial charge in [-0.05, 0) is 38.5 Å². The van der Waals surface area contributed by atoms with Crippen molar-refractivity contribution in [3.8, 4) is 0 Å². The number of carbonyl (C=O) groups is 1. The zero-order chi connectivity index (χ0) is 15.1. The van der Waals surface area contributed by atoms with Gasteiger partial charge in [-0.15, -0.1) is 0 Å². The first-order valence-corrected chi connectivity index (χ1v) is 8.52. The van der Waals surface area contributed by atoms with Crippen LogP contribution in [-0.2, 0) is 9.53 Å². The van der Waals surface area contributed by atoms with Crippen LogP contribution >= 0.6 is 0 Å². The van der Waals surface area contributed by atoms with Crippen LogP contribution in [0.1, 0.15) is 91.4 Å². The standard InChI is InChI=1S/C18H34O2/c1-4-6-8-9-10-11-12-13-14-16-18(15-7-5-2)20-17(3)19/h9-10,18H,4-8,11-16H2,1-3H3. The lowest BCUT2D eigenvalue weighted by Crippen LogP contribution is -2.16. The lowest BCUT2D eigenvalue weighted by Gasteiger charge is -2.16. The quantitative estimate of drug-likeness (QED) is 0.242. The van der Waals surface area contributed by atoms with E-state index >= 15 is 0 Å². The van der Waals surface area contributed by atoms with Crippen LogP contribution in [0.25, 0.3) is 0 Å². The fourth-order valence-electron chi connectivity index (χ4n) is 2.30. The van der Waals surface area contributed by atoms with Gasteiger partial charge >= 0.3 is 5.97 Å². The SMILES string of the molecule is CCCCC=CCCCCCC(CCCC)OC(C)=O. The summed E-state index contributed by atoms with van der Waals surface area (Å²) >= 11 is 0. The van der Waals surface area contributed by atoms with E-state index in [2.05, 4.69) is 26.0 Å². The molecule has 0 aromatic rings. The molecule has 0 bridgehead atoms. The minimum absolute atomic E-state index is 0.134. The van der Waals surface area contributed by atoms with Crippen LogP contribution in [0, 0.1) is 0 Å². The van der Waals surface area contributed by atoms with Gasteiger partial charge in [0.15, 0.2) is 0 Å². The van der Waals surface area contributed by atoms with Crippen molar-refractivity contribution < 1.29 is 9.53 Å². The van der Waals surface area contributed by atoms with E-state index in [4.69, 9.17) is 4.74 Å². The second-order valence-electron chi connectivity index (χ2n) is 5.63. The van der Waals surface area contributed by atoms with E-state index in [1.54, 1.807) is 0 Å². The molecule has 0 saturated carbocycles. The Morgan fingerprint density at radius 3 is 2.10 bits per heavy atom. The topological polar surface area (TPSA) is 26.3 Å². The Labute approximate surface area is 126 Å². The smallest absolute Gasteiger partial charge is 0.302 e. The summed E-state index contributed by atoms with van der Waals surface area (Å²) < 4.78 is 5.37. The predicted molar refractivity (Wildman–Crippen MR) is 86.8 cm³/mol. The van der Waals surface area contributed by atoms with Gasteiger partial charge in [0, 0.05) is 6.92 Å². The number of hydrogen-bond donors (Lipinski definition) is 0. The normalized spacial score (nSPS) is 12.8. The van der Waals surface area contributed by atoms with Gasteiger partial charge < -0.3 is 4.74 Å². The first kappa shape index (κ1) is 19.2. The number of unbranched alkanes of at least 4 members (excludes halogenated alkanes) is 6. The second-order valence-corrected chi connectivity index (χ2v) is 5.63. The summed E-state index contributed by atoms with van der Waals surface area (Å²) in [6, 6.07) is 0. The van der Waals surface area contributed by atoms with E-state index in [-0.39, 0.29) is 12.1 Å². The van der Waals surface area contributed by atoms with Crippen LogP contribution in [0.5, 0.6) is 0 Å². The summed E-state index contributed by atoms with van der Waals surface area (Å²) in [5.41, 5.74) is 0. The minimum atomic E-state index is -0.134. The predicted octanol–water partition coefficient (Wildman–Crippen LogP) is 5.81. The Hall–Kier alpha value is -0.790. The molecule has 118 valence electrons. The minimum Gasteiger partial charge on any atom is -0.463 e. The molecule has 0 amide bonds. The summed E-state index contributed by atoms with van der Waals surface area (Å²) in [6.07, 6.45) is 17.8. The first-order valence-electron chi connectivity index (χ1n) is 8.52. The molecule has 20 heavy (non-hydrogen) atoms. The van der Waals surface area contributed by atoms with Gasteiger partial charge in [0.2, 0.25) is 0 Å². The molecule has 0 aromatic heterocycles. The van der Waals surface area contributed by atoms with Crippen molar-refractivity contribution >= 4 is 5.97 Å². The molecule has 0 radical (unpaired) electrons. The highest BCUT2D eigenvalue weighted by Crippen LogP contribution is 2.14. The van der Waals surface area contributed by atoms with Crippen molar-refractivity contribution in [3.63, 3.8) is 0 Å². The summed E-state index contributed by atoms with van der Waals surface area (Å²) in [4.78, 5) is 11.0. The van der Waals surface area contributed by atoms with Gasteiger partial charge in [-0.3, -0.25) is 4.79 Å². The molecule has 0 aromatic carbocycles. The van der Waals surface area contributed by atoms with Crippen molar-refractivity contribution in [1.82, 2.24) is 0 Å². The monoisotopic (exact) mass is 282 g/mol. The molecule has 1 atom stereocenters. The van der Waals surface area contributed by atoms with Crippen molar-refractivity contribution in [2.24, 2.45) is 0 Å². The van der Waals surface area contributed by atoms with E-state index in [1.807, 2.05) is 0 Å². The number of allylic oxidation sites excluding steroid dienone is 2. The molecule has 2 heteroatoms. The van der Waals surface area contributed by atoms with Gasteiger partial charge in [-0.1, -0.05) is 58.1 Å². The zero-order valence-electron chi connectivity index (χ0n) is 13.8. The Balaban J connectivity index is 3.56. The Bertz CT molecular complexity index is 246. The van der Waals surface area contributed by atoms with Gasteiger partial charge in [0.25, 0.3) is 0 Å². The van der Waals surface area contributed by atoms with Crippen molar-refractivity contribution in [3.05, 3.63) is 12.2 Å². The highest BCUT2D eigenvalue weighted by molar-refractivity contribution is 5.66. The number of esters is 1. The average molecular weight is 282 g/mol. The van der Waals surface area contributed by atoms with Crippen LogP contribution in [0.4, 0.5) is 0 Å². The maximum atomic E-state index is 11.0. The zero-order valence-corrected chi connectivity index (χ0v) is 13.8. The maximum absolute atomic E-state index is 11.0. The molecule has 0 aliphatic heterocycles. The third kappa shape index (κ3) is 13.6. The molecule has 0 rings (SSSR count). The van der Waals surface area contributed by atoms with Crippen molar-refractivity contribution in [2.75, 3.05) is 0 Å². The molecule has 0 N–H and O–H groups in total. The largest absolute Gasteiger partial charge is 0.463 e. The second kappa shape index (κ2) is 14.6. The molecule has 1 unspecified atom stereocenters. The van der Waals surface area contributed by atoms with Crippen molar-refractivity contribution in [2.45, 2.75) is 97.5 Å². The summed E-state index contributed by atoms with van der Waals surface area (Å²) in [6.45, 7) is 5.92. The maximum Gasteiger partial charge on any atom is 0.302 e. The summed E-state index contributed by atoms with van der Waals surface area (Å²) in [5, 5.41) is 0. The van der Waals surface area contributed by atoms with E-state index < -0.39 is 0 Å². The number of ether oxygens (including phenoxy) is 1. The Kier molecular flexibility index (Phi) is 14.0. The molecule has 2 nitrogen and oxygen atoms in total. The molecule has 0 aliphatic rings. The fraction of sp³-hybridized carbons (Fsp3) is 0.833. The first-order chi connectivity index (χ1) is 9.70. The van der Waals surface area contributed by atoms with Gasteiger partial charge in [-0.25, -0.2) is 0 Å². The van der Waals surface area contributed by atoms with Crippen molar-refractivity contribution in [1.29, 1.82) is 0 Å². The molecular weight excluding hydrogens is 248 g/mol. The van der Waals surface area contributed by atoms with E-state index in [9.17, 15) is 4.79 Å². The number of hydrogen-bond acceptors (Lipinski definition) is 2. The number of rotatable bonds is 13. The van der Waals surface area contributed by atoms with Crippen LogP contribution < -0.4 is 0 Å². The van der Waals surface area contributed by atoms with Crippen LogP contribution in [0.2, 0.25) is 0 Å². The molecule has 0 saturated heterocycles. The lowest BCUT2D eigenvalue weighted by molar-refractivity contribution is -0.147. The number of carbonyl (C=O) groups excluding carboxylic acids is 1. The van der Waals surface area contributed by atoms with Gasteiger partial charge in [-0.2, -0.15) is 0 Å². The highest BCUT2D eigenvalue weighted by atomic mass is 16.5. The summed E-state index contributed by atoms with van der Waals surface area (Å²) in [7, 11) is 0. The molecular formula is C18H34O2. The Morgan fingerprint density at radius 2 is 1.50 bits per heavy atom. The molecule has 0 spiro atoms. The van der Waals surface area contributed by atoms with Crippen LogP contribution in [-0.4, -0.2) is 12.1 Å². The van der Waals surface area contributed by atoms with Gasteiger partial charge in [0.1, 0.15) is 6.10 Å². The average Bonchev–Trinajstić information content (AvgIpc) is 2.42. The van der Waals surface area contributed by atoms with Crippen LogP contribution in [0.3, 0.4) is 0 Å². The lowest BCUT2D eigenvalue weighted by atomic mass is 10.0. The molecule has 0 aliphatic carbocycles. The fourth-order valence-corrected chi connectivity index (χ4v) is 2.30. The van der Waals surface area contributed by atoms with Gasteiger partial charge in [0.05, 0.1) is 0 Å². The van der Waals surface area contributed by atoms with Crippen LogP contribution in [0.15, 0.2) is 12.2 Å². The van der Waals surface area contributed by atoms with E-state index in [0.717, 1.165) is 19.3 Å². The molecule has 0 fully saturated rings.